The quantitative estimate of drug-likeness (QED) is 0.612. The summed E-state index contributed by atoms with van der Waals surface area (Å²) in [4.78, 5) is 36.3. The van der Waals surface area contributed by atoms with E-state index in [4.69, 9.17) is 26.1 Å². The minimum atomic E-state index is -0.697. The molecule has 9 nitrogen and oxygen atoms in total. The van der Waals surface area contributed by atoms with Crippen molar-refractivity contribution >= 4 is 29.2 Å². The summed E-state index contributed by atoms with van der Waals surface area (Å²) in [6.45, 7) is 6.05. The first-order valence-corrected chi connectivity index (χ1v) is 12.6. The average molecular weight is 529 g/mol. The van der Waals surface area contributed by atoms with Crippen molar-refractivity contribution in [3.8, 4) is 22.8 Å². The maximum absolute atomic E-state index is 15.0. The second kappa shape index (κ2) is 8.88. The summed E-state index contributed by atoms with van der Waals surface area (Å²) in [5, 5.41) is 10.5. The molecule has 3 fully saturated rings. The van der Waals surface area contributed by atoms with Crippen molar-refractivity contribution in [1.82, 2.24) is 14.8 Å². The SMILES string of the molecule is C=CC(=O)N1CCN2C(=O)c3c(N4CCOC5(CC5)C4)nc(-c4c(O)cccc4F)c(Cl)c3OC[C@H]2C1. The number of nitrogens with zero attached hydrogens (tertiary/aromatic N) is 4. The number of aromatic hydroxyl groups is 1. The van der Waals surface area contributed by atoms with Crippen molar-refractivity contribution in [2.75, 3.05) is 50.8 Å². The Balaban J connectivity index is 1.49. The maximum Gasteiger partial charge on any atom is 0.261 e. The van der Waals surface area contributed by atoms with Crippen molar-refractivity contribution < 1.29 is 28.6 Å². The number of carbonyl (C=O) groups is 2. The van der Waals surface area contributed by atoms with E-state index < -0.39 is 11.9 Å². The Kier molecular flexibility index (Phi) is 5.76. The Labute approximate surface area is 218 Å². The van der Waals surface area contributed by atoms with Crippen LogP contribution in [0.25, 0.3) is 11.3 Å². The third-order valence-corrected chi connectivity index (χ3v) is 7.87. The molecule has 4 heterocycles. The van der Waals surface area contributed by atoms with Gasteiger partial charge in [-0.2, -0.15) is 0 Å². The van der Waals surface area contributed by atoms with Crippen LogP contribution in [-0.4, -0.2) is 89.3 Å². The van der Waals surface area contributed by atoms with Crippen molar-refractivity contribution in [3.63, 3.8) is 0 Å². The minimum absolute atomic E-state index is 0.00140. The van der Waals surface area contributed by atoms with Crippen LogP contribution in [-0.2, 0) is 9.53 Å². The predicted molar refractivity (Wildman–Crippen MR) is 134 cm³/mol. The largest absolute Gasteiger partial charge is 0.507 e. The van der Waals surface area contributed by atoms with Gasteiger partial charge >= 0.3 is 0 Å². The lowest BCUT2D eigenvalue weighted by atomic mass is 10.0. The lowest BCUT2D eigenvalue weighted by Gasteiger charge is -2.40. The number of hydrogen-bond donors (Lipinski definition) is 1. The zero-order valence-electron chi connectivity index (χ0n) is 20.1. The fourth-order valence-electron chi connectivity index (χ4n) is 5.38. The monoisotopic (exact) mass is 528 g/mol. The number of benzene rings is 1. The Hall–Kier alpha value is -3.37. The molecule has 37 heavy (non-hydrogen) atoms. The Morgan fingerprint density at radius 1 is 1.27 bits per heavy atom. The van der Waals surface area contributed by atoms with Crippen LogP contribution < -0.4 is 9.64 Å². The summed E-state index contributed by atoms with van der Waals surface area (Å²) >= 11 is 6.76. The molecule has 4 aliphatic rings. The van der Waals surface area contributed by atoms with Gasteiger partial charge in [0.1, 0.15) is 40.3 Å². The molecule has 11 heteroatoms. The Morgan fingerprint density at radius 3 is 2.81 bits per heavy atom. The normalized spacial score (nSPS) is 22.2. The highest BCUT2D eigenvalue weighted by Crippen LogP contribution is 2.48. The van der Waals surface area contributed by atoms with Crippen LogP contribution in [0.3, 0.4) is 0 Å². The molecule has 0 radical (unpaired) electrons. The summed E-state index contributed by atoms with van der Waals surface area (Å²) in [7, 11) is 0. The fraction of sp³-hybridized carbons (Fsp3) is 0.423. The van der Waals surface area contributed by atoms with Crippen LogP contribution in [0.4, 0.5) is 10.2 Å². The highest BCUT2D eigenvalue weighted by atomic mass is 35.5. The number of carbonyl (C=O) groups excluding carboxylic acids is 2. The number of ether oxygens (including phenoxy) is 2. The zero-order chi connectivity index (χ0) is 25.9. The lowest BCUT2D eigenvalue weighted by Crippen LogP contribution is -2.57. The Morgan fingerprint density at radius 2 is 2.08 bits per heavy atom. The summed E-state index contributed by atoms with van der Waals surface area (Å²) in [6, 6.07) is 3.54. The number of morpholine rings is 1. The number of hydrogen-bond acceptors (Lipinski definition) is 7. The molecule has 194 valence electrons. The molecule has 2 amide bonds. The van der Waals surface area contributed by atoms with Gasteiger partial charge in [0.25, 0.3) is 5.91 Å². The number of anilines is 1. The number of halogens is 2. The minimum Gasteiger partial charge on any atom is -0.507 e. The van der Waals surface area contributed by atoms with Crippen LogP contribution in [0.15, 0.2) is 30.9 Å². The molecular formula is C26H26ClFN4O5. The van der Waals surface area contributed by atoms with E-state index in [1.807, 2.05) is 4.90 Å². The molecule has 1 N–H and O–H groups in total. The molecule has 1 spiro atoms. The van der Waals surface area contributed by atoms with E-state index in [0.29, 0.717) is 38.6 Å². The van der Waals surface area contributed by atoms with E-state index in [1.54, 1.807) is 9.80 Å². The molecule has 2 saturated heterocycles. The summed E-state index contributed by atoms with van der Waals surface area (Å²) in [5.41, 5.74) is -0.237. The first-order valence-electron chi connectivity index (χ1n) is 12.3. The van der Waals surface area contributed by atoms with Gasteiger partial charge in [0, 0.05) is 32.7 Å². The van der Waals surface area contributed by atoms with Gasteiger partial charge in [-0.1, -0.05) is 24.2 Å². The van der Waals surface area contributed by atoms with Gasteiger partial charge in [-0.25, -0.2) is 9.37 Å². The molecule has 3 aliphatic heterocycles. The van der Waals surface area contributed by atoms with E-state index in [-0.39, 0.29) is 63.9 Å². The molecule has 1 saturated carbocycles. The van der Waals surface area contributed by atoms with Gasteiger partial charge in [0.2, 0.25) is 5.91 Å². The van der Waals surface area contributed by atoms with E-state index in [9.17, 15) is 19.1 Å². The summed E-state index contributed by atoms with van der Waals surface area (Å²) < 4.78 is 27.1. The highest BCUT2D eigenvalue weighted by molar-refractivity contribution is 6.35. The number of phenols is 1. The number of piperazine rings is 1. The van der Waals surface area contributed by atoms with Crippen molar-refractivity contribution in [2.24, 2.45) is 0 Å². The maximum atomic E-state index is 15.0. The number of fused-ring (bicyclic) bond motifs is 2. The van der Waals surface area contributed by atoms with Crippen LogP contribution in [0.2, 0.25) is 5.02 Å². The van der Waals surface area contributed by atoms with Gasteiger partial charge < -0.3 is 29.3 Å². The van der Waals surface area contributed by atoms with Crippen LogP contribution in [0, 0.1) is 5.82 Å². The molecule has 1 aliphatic carbocycles. The molecular weight excluding hydrogens is 503 g/mol. The number of phenolic OH excluding ortho intramolecular Hbond substituents is 1. The van der Waals surface area contributed by atoms with Gasteiger partial charge in [0.05, 0.1) is 23.8 Å². The molecule has 6 rings (SSSR count). The van der Waals surface area contributed by atoms with Crippen molar-refractivity contribution in [3.05, 3.63) is 47.3 Å². The number of amides is 2. The molecule has 2 aromatic rings. The van der Waals surface area contributed by atoms with Gasteiger partial charge in [0.15, 0.2) is 5.75 Å². The van der Waals surface area contributed by atoms with Gasteiger partial charge in [-0.05, 0) is 31.1 Å². The van der Waals surface area contributed by atoms with Crippen molar-refractivity contribution in [2.45, 2.75) is 24.5 Å². The van der Waals surface area contributed by atoms with Crippen LogP contribution in [0.5, 0.6) is 11.5 Å². The lowest BCUT2D eigenvalue weighted by molar-refractivity contribution is -0.128. The third kappa shape index (κ3) is 3.99. The molecule has 1 aromatic heterocycles. The molecule has 1 atom stereocenters. The Bertz CT molecular complexity index is 1300. The first-order chi connectivity index (χ1) is 17.8. The summed E-state index contributed by atoms with van der Waals surface area (Å²) in [5.74, 6) is -1.12. The third-order valence-electron chi connectivity index (χ3n) is 7.52. The fourth-order valence-corrected chi connectivity index (χ4v) is 5.67. The van der Waals surface area contributed by atoms with Gasteiger partial charge in [-0.15, -0.1) is 0 Å². The first kappa shape index (κ1) is 24.0. The number of rotatable bonds is 3. The van der Waals surface area contributed by atoms with Crippen molar-refractivity contribution in [1.29, 1.82) is 0 Å². The van der Waals surface area contributed by atoms with E-state index in [2.05, 4.69) is 6.58 Å². The number of aromatic nitrogens is 1. The van der Waals surface area contributed by atoms with Gasteiger partial charge in [-0.3, -0.25) is 9.59 Å². The second-order valence-corrected chi connectivity index (χ2v) is 10.2. The number of pyridine rings is 1. The average Bonchev–Trinajstić information content (AvgIpc) is 3.66. The molecule has 1 aromatic carbocycles. The highest BCUT2D eigenvalue weighted by Gasteiger charge is 2.49. The molecule has 0 bridgehead atoms. The summed E-state index contributed by atoms with van der Waals surface area (Å²) in [6.07, 6.45) is 3.07. The van der Waals surface area contributed by atoms with Crippen LogP contribution >= 0.6 is 11.6 Å². The van der Waals surface area contributed by atoms with E-state index in [0.717, 1.165) is 12.8 Å². The standard InChI is InChI=1S/C26H26ClFN4O5/c1-2-18(34)30-8-9-32-15(12-30)13-36-23-20(25(32)35)24(31-10-11-37-26(14-31)6-7-26)29-22(21(23)27)19-16(28)4-3-5-17(19)33/h2-5,15,33H,1,6-14H2/t15-/m1/s1. The molecule has 0 unspecified atom stereocenters. The predicted octanol–water partition coefficient (Wildman–Crippen LogP) is 2.85. The topological polar surface area (TPSA) is 95.4 Å². The zero-order valence-corrected chi connectivity index (χ0v) is 20.8. The second-order valence-electron chi connectivity index (χ2n) is 9.84. The smallest absolute Gasteiger partial charge is 0.261 e. The van der Waals surface area contributed by atoms with E-state index >= 15 is 0 Å². The van der Waals surface area contributed by atoms with E-state index in [1.165, 1.54) is 24.3 Å². The van der Waals surface area contributed by atoms with Crippen LogP contribution in [0.1, 0.15) is 23.2 Å².